The topological polar surface area (TPSA) is 67.3 Å². The molecule has 1 aromatic rings. The summed E-state index contributed by atoms with van der Waals surface area (Å²) in [6.45, 7) is 7.92. The number of rotatable bonds is 8. The second kappa shape index (κ2) is 8.29. The van der Waals surface area contributed by atoms with Crippen LogP contribution in [0.2, 0.25) is 0 Å². The van der Waals surface area contributed by atoms with Gasteiger partial charge in [-0.2, -0.15) is 0 Å². The highest BCUT2D eigenvalue weighted by Gasteiger charge is 2.08. The summed E-state index contributed by atoms with van der Waals surface area (Å²) < 4.78 is 5.33. The molecule has 0 aromatic carbocycles. The Labute approximate surface area is 112 Å². The second-order valence-electron chi connectivity index (χ2n) is 3.79. The van der Waals surface area contributed by atoms with Crippen molar-refractivity contribution in [3.8, 4) is 0 Å². The van der Waals surface area contributed by atoms with E-state index >= 15 is 0 Å². The van der Waals surface area contributed by atoms with Gasteiger partial charge in [-0.15, -0.1) is 11.8 Å². The highest BCUT2D eigenvalue weighted by Crippen LogP contribution is 2.23. The van der Waals surface area contributed by atoms with Gasteiger partial charge >= 0.3 is 0 Å². The summed E-state index contributed by atoms with van der Waals surface area (Å²) in [5.41, 5.74) is 0. The van der Waals surface area contributed by atoms with Crippen molar-refractivity contribution < 1.29 is 9.84 Å². The molecule has 0 aliphatic carbocycles. The van der Waals surface area contributed by atoms with Gasteiger partial charge in [-0.25, -0.2) is 9.97 Å². The number of ether oxygens (including phenoxy) is 1. The lowest BCUT2D eigenvalue weighted by atomic mass is 10.5. The fourth-order valence-electron chi connectivity index (χ4n) is 1.31. The molecule has 0 amide bonds. The van der Waals surface area contributed by atoms with Gasteiger partial charge in [0.15, 0.2) is 5.82 Å². The van der Waals surface area contributed by atoms with E-state index in [1.54, 1.807) is 0 Å². The van der Waals surface area contributed by atoms with Crippen LogP contribution in [-0.2, 0) is 11.3 Å². The summed E-state index contributed by atoms with van der Waals surface area (Å²) in [7, 11) is 0. The first-order valence-corrected chi connectivity index (χ1v) is 7.04. The third-order valence-corrected chi connectivity index (χ3v) is 3.12. The molecule has 1 unspecified atom stereocenters. The SMILES string of the molecule is CCNc1cc(SC(C)CO)nc(COCC)n1. The van der Waals surface area contributed by atoms with Crippen LogP contribution in [0.4, 0.5) is 5.82 Å². The number of nitrogens with one attached hydrogen (secondary N) is 1. The Morgan fingerprint density at radius 1 is 1.44 bits per heavy atom. The first-order valence-electron chi connectivity index (χ1n) is 6.16. The molecule has 0 saturated heterocycles. The van der Waals surface area contributed by atoms with Gasteiger partial charge in [0.05, 0.1) is 6.61 Å². The lowest BCUT2D eigenvalue weighted by molar-refractivity contribution is 0.128. The molecule has 0 aliphatic rings. The molecule has 0 bridgehead atoms. The van der Waals surface area contributed by atoms with E-state index in [0.717, 1.165) is 17.4 Å². The maximum Gasteiger partial charge on any atom is 0.157 e. The minimum atomic E-state index is 0.120. The Morgan fingerprint density at radius 2 is 2.22 bits per heavy atom. The lowest BCUT2D eigenvalue weighted by Crippen LogP contribution is -2.08. The molecule has 0 saturated carbocycles. The minimum Gasteiger partial charge on any atom is -0.395 e. The van der Waals surface area contributed by atoms with Crippen LogP contribution in [0.1, 0.15) is 26.6 Å². The average molecular weight is 271 g/mol. The maximum atomic E-state index is 9.07. The van der Waals surface area contributed by atoms with Crippen molar-refractivity contribution in [2.24, 2.45) is 0 Å². The molecule has 6 heteroatoms. The molecule has 0 radical (unpaired) electrons. The number of aromatic nitrogens is 2. The van der Waals surface area contributed by atoms with Crippen molar-refractivity contribution in [1.82, 2.24) is 9.97 Å². The van der Waals surface area contributed by atoms with Gasteiger partial charge in [-0.3, -0.25) is 0 Å². The van der Waals surface area contributed by atoms with Crippen molar-refractivity contribution in [3.63, 3.8) is 0 Å². The molecule has 102 valence electrons. The third kappa shape index (κ3) is 5.20. The van der Waals surface area contributed by atoms with Crippen LogP contribution in [0.15, 0.2) is 11.1 Å². The number of hydrogen-bond acceptors (Lipinski definition) is 6. The van der Waals surface area contributed by atoms with Crippen molar-refractivity contribution in [2.75, 3.05) is 25.1 Å². The standard InChI is InChI=1S/C12H21N3O2S/c1-4-13-10-6-12(18-9(3)7-16)15-11(14-10)8-17-5-2/h6,9,16H,4-5,7-8H2,1-3H3,(H,13,14,15). The number of aliphatic hydroxyl groups excluding tert-OH is 1. The molecule has 1 aromatic heterocycles. The first kappa shape index (κ1) is 15.2. The predicted octanol–water partition coefficient (Wildman–Crippen LogP) is 1.92. The summed E-state index contributed by atoms with van der Waals surface area (Å²) >= 11 is 1.53. The number of hydrogen-bond donors (Lipinski definition) is 2. The summed E-state index contributed by atoms with van der Waals surface area (Å²) in [6.07, 6.45) is 0. The van der Waals surface area contributed by atoms with Crippen LogP contribution in [-0.4, -0.2) is 40.1 Å². The van der Waals surface area contributed by atoms with Crippen LogP contribution in [0, 0.1) is 0 Å². The zero-order valence-electron chi connectivity index (χ0n) is 11.1. The maximum absolute atomic E-state index is 9.07. The van der Waals surface area contributed by atoms with E-state index in [1.807, 2.05) is 26.8 Å². The quantitative estimate of drug-likeness (QED) is 0.556. The zero-order chi connectivity index (χ0) is 13.4. The van der Waals surface area contributed by atoms with Crippen LogP contribution in [0.5, 0.6) is 0 Å². The molecular weight excluding hydrogens is 250 g/mol. The van der Waals surface area contributed by atoms with Gasteiger partial charge in [0.25, 0.3) is 0 Å². The molecule has 18 heavy (non-hydrogen) atoms. The Morgan fingerprint density at radius 3 is 2.83 bits per heavy atom. The highest BCUT2D eigenvalue weighted by molar-refractivity contribution is 7.99. The van der Waals surface area contributed by atoms with Gasteiger partial charge in [-0.1, -0.05) is 6.92 Å². The van der Waals surface area contributed by atoms with Crippen LogP contribution in [0.25, 0.3) is 0 Å². The van der Waals surface area contributed by atoms with Gasteiger partial charge in [-0.05, 0) is 13.8 Å². The first-order chi connectivity index (χ1) is 8.69. The van der Waals surface area contributed by atoms with E-state index < -0.39 is 0 Å². The lowest BCUT2D eigenvalue weighted by Gasteiger charge is -2.11. The number of anilines is 1. The van der Waals surface area contributed by atoms with Gasteiger partial charge in [0.1, 0.15) is 17.5 Å². The fraction of sp³-hybridized carbons (Fsp3) is 0.667. The fourth-order valence-corrected chi connectivity index (χ4v) is 2.13. The van der Waals surface area contributed by atoms with E-state index in [0.29, 0.717) is 19.0 Å². The van der Waals surface area contributed by atoms with Crippen molar-refractivity contribution in [2.45, 2.75) is 37.7 Å². The van der Waals surface area contributed by atoms with E-state index in [-0.39, 0.29) is 11.9 Å². The van der Waals surface area contributed by atoms with Crippen molar-refractivity contribution in [1.29, 1.82) is 0 Å². The third-order valence-electron chi connectivity index (χ3n) is 2.12. The monoisotopic (exact) mass is 271 g/mol. The van der Waals surface area contributed by atoms with Crippen molar-refractivity contribution in [3.05, 3.63) is 11.9 Å². The summed E-state index contributed by atoms with van der Waals surface area (Å²) in [5, 5.41) is 13.2. The second-order valence-corrected chi connectivity index (χ2v) is 5.24. The molecule has 0 aliphatic heterocycles. The highest BCUT2D eigenvalue weighted by atomic mass is 32.2. The molecule has 1 heterocycles. The molecule has 1 atom stereocenters. The van der Waals surface area contributed by atoms with Crippen LogP contribution >= 0.6 is 11.8 Å². The Kier molecular flexibility index (Phi) is 7.00. The van der Waals surface area contributed by atoms with Crippen LogP contribution in [0.3, 0.4) is 0 Å². The Balaban J connectivity index is 2.83. The van der Waals surface area contributed by atoms with Crippen LogP contribution < -0.4 is 5.32 Å². The molecular formula is C12H21N3O2S. The number of nitrogens with zero attached hydrogens (tertiary/aromatic N) is 2. The van der Waals surface area contributed by atoms with E-state index in [4.69, 9.17) is 9.84 Å². The van der Waals surface area contributed by atoms with E-state index in [9.17, 15) is 0 Å². The van der Waals surface area contributed by atoms with Crippen molar-refractivity contribution >= 4 is 17.6 Å². The Hall–Kier alpha value is -0.850. The predicted molar refractivity (Wildman–Crippen MR) is 73.9 cm³/mol. The number of thioether (sulfide) groups is 1. The summed E-state index contributed by atoms with van der Waals surface area (Å²) in [4.78, 5) is 8.79. The van der Waals surface area contributed by atoms with Gasteiger partial charge in [0.2, 0.25) is 0 Å². The van der Waals surface area contributed by atoms with Gasteiger partial charge < -0.3 is 15.2 Å². The molecule has 1 rings (SSSR count). The normalized spacial score (nSPS) is 12.4. The van der Waals surface area contributed by atoms with E-state index in [2.05, 4.69) is 15.3 Å². The molecule has 5 nitrogen and oxygen atoms in total. The molecule has 0 fully saturated rings. The Bertz CT molecular complexity index is 363. The smallest absolute Gasteiger partial charge is 0.157 e. The largest absolute Gasteiger partial charge is 0.395 e. The molecule has 2 N–H and O–H groups in total. The number of aliphatic hydroxyl groups is 1. The zero-order valence-corrected chi connectivity index (χ0v) is 12.0. The molecule has 0 spiro atoms. The average Bonchev–Trinajstić information content (AvgIpc) is 2.36. The summed E-state index contributed by atoms with van der Waals surface area (Å²) in [6, 6.07) is 1.90. The van der Waals surface area contributed by atoms with E-state index in [1.165, 1.54) is 11.8 Å². The summed E-state index contributed by atoms with van der Waals surface area (Å²) in [5.74, 6) is 1.47. The van der Waals surface area contributed by atoms with Gasteiger partial charge in [0, 0.05) is 24.5 Å². The minimum absolute atomic E-state index is 0.120.